The van der Waals surface area contributed by atoms with E-state index in [0.29, 0.717) is 0 Å². The van der Waals surface area contributed by atoms with Gasteiger partial charge in [0.15, 0.2) is 0 Å². The van der Waals surface area contributed by atoms with Crippen LogP contribution in [0.2, 0.25) is 0 Å². The Morgan fingerprint density at radius 3 is 1.01 bits per heavy atom. The molecule has 73 heavy (non-hydrogen) atoms. The summed E-state index contributed by atoms with van der Waals surface area (Å²) in [5, 5.41) is 0. The molecular weight excluding hydrogens is 975 g/mol. The number of hydrogen-bond donors (Lipinski definition) is 0. The molecule has 2 nitrogen and oxygen atoms in total. The van der Waals surface area contributed by atoms with Gasteiger partial charge in [0, 0.05) is 22.3 Å². The van der Waals surface area contributed by atoms with E-state index in [-0.39, 0.29) is 20.4 Å². The molecule has 0 unspecified atom stereocenters. The zero-order chi connectivity index (χ0) is 52.4. The zero-order valence-electron chi connectivity index (χ0n) is 49.8. The maximum atomic E-state index is 11.9. The van der Waals surface area contributed by atoms with Crippen LogP contribution in [0.4, 0.5) is 0 Å². The number of benzene rings is 2. The van der Waals surface area contributed by atoms with Crippen molar-refractivity contribution in [2.45, 2.75) is 337 Å². The van der Waals surface area contributed by atoms with Crippen LogP contribution in [0.5, 0.6) is 0 Å². The van der Waals surface area contributed by atoms with Crippen LogP contribution in [0.3, 0.4) is 0 Å². The Kier molecular flexibility index (Phi) is 52.2. The Hall–Kier alpha value is -1.82. The van der Waals surface area contributed by atoms with Gasteiger partial charge in [0.05, 0.1) is 0 Å². The minimum Gasteiger partial charge on any atom is -0.493 e. The van der Waals surface area contributed by atoms with E-state index in [0.717, 1.165) is 73.9 Å². The summed E-state index contributed by atoms with van der Waals surface area (Å²) in [5.41, 5.74) is 21.7. The molecule has 0 aromatic heterocycles. The average molecular weight is 1100 g/mol. The van der Waals surface area contributed by atoms with Crippen LogP contribution in [-0.4, -0.2) is 4.70 Å². The fourth-order valence-electron chi connectivity index (χ4n) is 10.4. The van der Waals surface area contributed by atoms with E-state index < -0.39 is 0 Å². The van der Waals surface area contributed by atoms with Crippen molar-refractivity contribution in [2.75, 3.05) is 0 Å². The van der Waals surface area contributed by atoms with Crippen molar-refractivity contribution in [2.24, 2.45) is 0 Å². The smallest absolute Gasteiger partial charge is 0.493 e. The van der Waals surface area contributed by atoms with E-state index in [1.165, 1.54) is 266 Å². The number of unbranched alkanes of at least 4 members (excludes halogenated alkanes) is 36. The first-order valence-corrected chi connectivity index (χ1v) is 32.2. The van der Waals surface area contributed by atoms with Gasteiger partial charge in [-0.25, -0.2) is 4.70 Å². The van der Waals surface area contributed by atoms with Crippen LogP contribution < -0.4 is 0 Å². The van der Waals surface area contributed by atoms with Crippen molar-refractivity contribution in [3.63, 3.8) is 0 Å². The normalized spacial score (nSPS) is 12.2. The van der Waals surface area contributed by atoms with Gasteiger partial charge < -0.3 is 19.4 Å². The fraction of sp³-hybridized carbons (Fsp3) is 0.743. The van der Waals surface area contributed by atoms with Crippen LogP contribution in [0.15, 0.2) is 59.7 Å². The SMILES string of the molecule is CCCCCCCCc1ccc(C2=C(CCCC)C(CCCCCC)=C(c3cccc(CCCC)c3)[N+]2=[N-])cc1.[CH2-]CCCCCCCCCCCCCCC.[CH2-]CCCCCCCCCCCCCCC.[Pd+2]. The summed E-state index contributed by atoms with van der Waals surface area (Å²) in [4.78, 5) is 0. The second kappa shape index (κ2) is 53.6. The molecule has 3 heteroatoms. The summed E-state index contributed by atoms with van der Waals surface area (Å²) < 4.78 is 1.56. The molecule has 0 N–H and O–H groups in total. The summed E-state index contributed by atoms with van der Waals surface area (Å²) in [6, 6.07) is 18.0. The summed E-state index contributed by atoms with van der Waals surface area (Å²) in [6.45, 7) is 21.4. The Morgan fingerprint density at radius 2 is 0.616 bits per heavy atom. The third-order valence-corrected chi connectivity index (χ3v) is 15.2. The molecular formula is C70H122N2Pd. The van der Waals surface area contributed by atoms with Gasteiger partial charge in [0.25, 0.3) is 0 Å². The van der Waals surface area contributed by atoms with Gasteiger partial charge in [0.1, 0.15) is 0 Å². The van der Waals surface area contributed by atoms with Gasteiger partial charge in [-0.3, -0.25) is 0 Å². The molecule has 0 bridgehead atoms. The standard InChI is InChI=1S/C38H56N2.2C16H33.Pd/c1-5-9-13-15-16-17-21-31-26-28-33(29-27-31)37-35(24-12-8-4)36(25-18-14-10-6-2)38(40(37)39)34-23-19-22-32(30-34)20-11-7-3;2*1-3-5-7-9-11-13-15-16-14-12-10-8-6-4-2;/h19,22-23,26-30H,5-18,20-21,24-25H2,1-4H3;2*1,3-16H2,2H3;/q;2*-1;+2. The average Bonchev–Trinajstić information content (AvgIpc) is 3.68. The summed E-state index contributed by atoms with van der Waals surface area (Å²) in [5.74, 6) is 0. The van der Waals surface area contributed by atoms with E-state index in [1.54, 1.807) is 4.70 Å². The Balaban J connectivity index is 0.00000130. The van der Waals surface area contributed by atoms with Crippen LogP contribution in [-0.2, 0) is 33.3 Å². The molecule has 0 spiro atoms. The molecule has 1 heterocycles. The molecule has 0 saturated heterocycles. The quantitative estimate of drug-likeness (QED) is 0.0273. The van der Waals surface area contributed by atoms with E-state index in [9.17, 15) is 5.53 Å². The van der Waals surface area contributed by atoms with Crippen LogP contribution >= 0.6 is 0 Å². The first-order valence-electron chi connectivity index (χ1n) is 32.2. The molecule has 2 aromatic rings. The van der Waals surface area contributed by atoms with Crippen LogP contribution in [0, 0.1) is 13.8 Å². The Labute approximate surface area is 472 Å². The van der Waals surface area contributed by atoms with Crippen molar-refractivity contribution in [1.29, 1.82) is 0 Å². The van der Waals surface area contributed by atoms with Gasteiger partial charge in [0.2, 0.25) is 11.4 Å². The first kappa shape index (κ1) is 71.2. The van der Waals surface area contributed by atoms with E-state index >= 15 is 0 Å². The monoisotopic (exact) mass is 1100 g/mol. The fourth-order valence-corrected chi connectivity index (χ4v) is 10.4. The van der Waals surface area contributed by atoms with Crippen molar-refractivity contribution >= 4 is 11.4 Å². The molecule has 0 atom stereocenters. The molecule has 3 rings (SSSR count). The predicted octanol–water partition coefficient (Wildman–Crippen LogP) is 24.9. The number of nitrogens with zero attached hydrogens (tertiary/aromatic N) is 2. The zero-order valence-corrected chi connectivity index (χ0v) is 51.3. The predicted molar refractivity (Wildman–Crippen MR) is 326 cm³/mol. The minimum absolute atomic E-state index is 0. The van der Waals surface area contributed by atoms with Crippen molar-refractivity contribution in [3.05, 3.63) is 101 Å². The molecule has 0 radical (unpaired) electrons. The number of allylic oxidation sites excluding steroid dienone is 2. The van der Waals surface area contributed by atoms with Crippen molar-refractivity contribution in [1.82, 2.24) is 0 Å². The van der Waals surface area contributed by atoms with Crippen LogP contribution in [0.25, 0.3) is 16.9 Å². The molecule has 1 aliphatic heterocycles. The maximum absolute atomic E-state index is 11.9. The third kappa shape index (κ3) is 36.8. The van der Waals surface area contributed by atoms with E-state index in [1.807, 2.05) is 0 Å². The third-order valence-electron chi connectivity index (χ3n) is 15.2. The first-order chi connectivity index (χ1) is 35.5. The van der Waals surface area contributed by atoms with E-state index in [2.05, 4.69) is 104 Å². The van der Waals surface area contributed by atoms with Crippen molar-refractivity contribution < 1.29 is 25.1 Å². The molecule has 0 saturated carbocycles. The van der Waals surface area contributed by atoms with Gasteiger partial charge in [-0.2, -0.15) is 12.8 Å². The molecule has 2 aromatic carbocycles. The summed E-state index contributed by atoms with van der Waals surface area (Å²) >= 11 is 0. The number of hydrogen-bond acceptors (Lipinski definition) is 0. The second-order valence-electron chi connectivity index (χ2n) is 22.1. The summed E-state index contributed by atoms with van der Waals surface area (Å²) in [7, 11) is 0. The minimum atomic E-state index is 0. The summed E-state index contributed by atoms with van der Waals surface area (Å²) in [6.07, 6.45) is 61.6. The number of aryl methyl sites for hydroxylation is 2. The molecule has 422 valence electrons. The van der Waals surface area contributed by atoms with Crippen LogP contribution in [0.1, 0.15) is 346 Å². The largest absolute Gasteiger partial charge is 2.00 e. The molecule has 0 aliphatic carbocycles. The Morgan fingerprint density at radius 1 is 0.315 bits per heavy atom. The maximum Gasteiger partial charge on any atom is 2.00 e. The molecule has 0 fully saturated rings. The van der Waals surface area contributed by atoms with Crippen molar-refractivity contribution in [3.8, 4) is 0 Å². The van der Waals surface area contributed by atoms with Gasteiger partial charge in [-0.05, 0) is 86.8 Å². The number of rotatable bonds is 46. The molecule has 0 amide bonds. The topological polar surface area (TPSA) is 25.3 Å². The van der Waals surface area contributed by atoms with Gasteiger partial charge in [-0.15, -0.1) is 0 Å². The second-order valence-corrected chi connectivity index (χ2v) is 22.1. The van der Waals surface area contributed by atoms with Gasteiger partial charge >= 0.3 is 20.4 Å². The van der Waals surface area contributed by atoms with Gasteiger partial charge in [-0.1, -0.05) is 297 Å². The molecule has 1 aliphatic rings. The Bertz CT molecular complexity index is 1510. The van der Waals surface area contributed by atoms with E-state index in [4.69, 9.17) is 0 Å².